The van der Waals surface area contributed by atoms with Gasteiger partial charge in [0.1, 0.15) is 6.61 Å². The second-order valence-electron chi connectivity index (χ2n) is 5.52. The summed E-state index contributed by atoms with van der Waals surface area (Å²) in [5.74, 6) is 0.0859. The van der Waals surface area contributed by atoms with Crippen LogP contribution in [0.4, 0.5) is 0 Å². The average molecular weight is 307 g/mol. The van der Waals surface area contributed by atoms with Crippen LogP contribution >= 0.6 is 12.4 Å². The Kier molecular flexibility index (Phi) is 7.80. The number of amides is 1. The molecule has 0 spiro atoms. The zero-order valence-electron chi connectivity index (χ0n) is 12.5. The summed E-state index contributed by atoms with van der Waals surface area (Å²) in [4.78, 5) is 13.9. The average Bonchev–Trinajstić information content (AvgIpc) is 2.76. The van der Waals surface area contributed by atoms with E-state index < -0.39 is 0 Å². The van der Waals surface area contributed by atoms with Crippen LogP contribution in [0.2, 0.25) is 0 Å². The highest BCUT2D eigenvalue weighted by molar-refractivity contribution is 5.85. The normalized spacial score (nSPS) is 28.0. The van der Waals surface area contributed by atoms with Crippen LogP contribution in [0.1, 0.15) is 32.6 Å². The Labute approximate surface area is 127 Å². The van der Waals surface area contributed by atoms with Crippen LogP contribution in [-0.4, -0.2) is 62.4 Å². The van der Waals surface area contributed by atoms with E-state index in [1.807, 2.05) is 18.9 Å². The molecule has 2 heterocycles. The molecule has 0 aliphatic carbocycles. The molecule has 5 nitrogen and oxygen atoms in total. The number of nitrogens with zero attached hydrogens (tertiary/aromatic N) is 1. The second kappa shape index (κ2) is 8.82. The number of piperidine rings is 1. The first-order valence-electron chi connectivity index (χ1n) is 7.38. The fraction of sp³-hybridized carbons (Fsp3) is 0.929. The molecular formula is C14H27ClN2O3. The van der Waals surface area contributed by atoms with Crippen molar-refractivity contribution < 1.29 is 14.3 Å². The molecular weight excluding hydrogens is 280 g/mol. The number of carbonyl (C=O) groups excluding carboxylic acids is 1. The van der Waals surface area contributed by atoms with E-state index in [4.69, 9.17) is 9.47 Å². The number of hydrogen-bond donors (Lipinski definition) is 1. The minimum atomic E-state index is 0. The summed E-state index contributed by atoms with van der Waals surface area (Å²) in [6.07, 6.45) is 4.68. The third-order valence-electron chi connectivity index (χ3n) is 4.19. The molecule has 2 fully saturated rings. The first-order valence-corrected chi connectivity index (χ1v) is 7.38. The van der Waals surface area contributed by atoms with Crippen molar-refractivity contribution in [2.45, 2.75) is 50.7 Å². The van der Waals surface area contributed by atoms with E-state index >= 15 is 0 Å². The zero-order valence-corrected chi connectivity index (χ0v) is 13.3. The van der Waals surface area contributed by atoms with Gasteiger partial charge < -0.3 is 19.7 Å². The minimum absolute atomic E-state index is 0. The quantitative estimate of drug-likeness (QED) is 0.718. The van der Waals surface area contributed by atoms with Crippen molar-refractivity contribution in [1.82, 2.24) is 10.2 Å². The van der Waals surface area contributed by atoms with E-state index in [1.54, 1.807) is 0 Å². The summed E-state index contributed by atoms with van der Waals surface area (Å²) < 4.78 is 10.5. The van der Waals surface area contributed by atoms with E-state index in [1.165, 1.54) is 12.8 Å². The summed E-state index contributed by atoms with van der Waals surface area (Å²) in [6, 6.07) is 1.59. The van der Waals surface area contributed by atoms with Crippen LogP contribution in [0.3, 0.4) is 0 Å². The van der Waals surface area contributed by atoms with Gasteiger partial charge in [-0.3, -0.25) is 4.79 Å². The van der Waals surface area contributed by atoms with Crippen molar-refractivity contribution >= 4 is 18.3 Å². The van der Waals surface area contributed by atoms with Crippen LogP contribution in [0.5, 0.6) is 0 Å². The van der Waals surface area contributed by atoms with E-state index in [-0.39, 0.29) is 24.9 Å². The lowest BCUT2D eigenvalue weighted by molar-refractivity contribution is -0.138. The van der Waals surface area contributed by atoms with Gasteiger partial charge in [0, 0.05) is 31.8 Å². The number of nitrogens with one attached hydrogen (secondary N) is 1. The molecule has 2 unspecified atom stereocenters. The van der Waals surface area contributed by atoms with Crippen molar-refractivity contribution in [3.63, 3.8) is 0 Å². The van der Waals surface area contributed by atoms with Crippen molar-refractivity contribution in [3.8, 4) is 0 Å². The fourth-order valence-corrected chi connectivity index (χ4v) is 3.07. The molecule has 0 saturated carbocycles. The lowest BCUT2D eigenvalue weighted by Crippen LogP contribution is -2.49. The molecule has 2 bridgehead atoms. The highest BCUT2D eigenvalue weighted by atomic mass is 35.5. The van der Waals surface area contributed by atoms with E-state index in [0.717, 1.165) is 12.8 Å². The van der Waals surface area contributed by atoms with Crippen molar-refractivity contribution in [1.29, 1.82) is 0 Å². The molecule has 2 aliphatic rings. The van der Waals surface area contributed by atoms with Gasteiger partial charge in [0.05, 0.1) is 13.2 Å². The Morgan fingerprint density at radius 3 is 2.40 bits per heavy atom. The number of carbonyl (C=O) groups is 1. The molecule has 0 radical (unpaired) electrons. The van der Waals surface area contributed by atoms with Crippen LogP contribution in [0, 0.1) is 0 Å². The maximum atomic E-state index is 12.0. The second-order valence-corrected chi connectivity index (χ2v) is 5.52. The summed E-state index contributed by atoms with van der Waals surface area (Å²) in [5, 5.41) is 3.59. The van der Waals surface area contributed by atoms with E-state index in [2.05, 4.69) is 5.32 Å². The number of rotatable bonds is 7. The molecule has 118 valence electrons. The Morgan fingerprint density at radius 1 is 1.20 bits per heavy atom. The van der Waals surface area contributed by atoms with Crippen molar-refractivity contribution in [2.75, 3.05) is 33.5 Å². The Morgan fingerprint density at radius 2 is 1.80 bits per heavy atom. The molecule has 2 rings (SSSR count). The SMILES string of the molecule is CCOCCOCC(=O)N(C)C1CC2CCC(C1)N2.Cl. The van der Waals surface area contributed by atoms with Gasteiger partial charge in [0.2, 0.25) is 5.91 Å². The van der Waals surface area contributed by atoms with E-state index in [0.29, 0.717) is 37.9 Å². The van der Waals surface area contributed by atoms with Crippen LogP contribution in [0.15, 0.2) is 0 Å². The predicted octanol–water partition coefficient (Wildman–Crippen LogP) is 1.20. The summed E-state index contributed by atoms with van der Waals surface area (Å²) >= 11 is 0. The summed E-state index contributed by atoms with van der Waals surface area (Å²) in [7, 11) is 1.91. The highest BCUT2D eigenvalue weighted by Gasteiger charge is 2.36. The Balaban J connectivity index is 0.00000200. The third kappa shape index (κ3) is 4.88. The molecule has 2 aliphatic heterocycles. The van der Waals surface area contributed by atoms with Gasteiger partial charge in [-0.25, -0.2) is 0 Å². The number of likely N-dealkylation sites (N-methyl/N-ethyl adjacent to an activating group) is 1. The van der Waals surface area contributed by atoms with Crippen molar-refractivity contribution in [2.24, 2.45) is 0 Å². The van der Waals surface area contributed by atoms with E-state index in [9.17, 15) is 4.79 Å². The van der Waals surface area contributed by atoms with Gasteiger partial charge in [-0.05, 0) is 32.6 Å². The third-order valence-corrected chi connectivity index (χ3v) is 4.19. The number of hydrogen-bond acceptors (Lipinski definition) is 4. The van der Waals surface area contributed by atoms with Crippen molar-refractivity contribution in [3.05, 3.63) is 0 Å². The van der Waals surface area contributed by atoms with Crippen LogP contribution in [-0.2, 0) is 14.3 Å². The van der Waals surface area contributed by atoms with Gasteiger partial charge in [-0.15, -0.1) is 12.4 Å². The van der Waals surface area contributed by atoms with Gasteiger partial charge in [0.25, 0.3) is 0 Å². The molecule has 20 heavy (non-hydrogen) atoms. The highest BCUT2D eigenvalue weighted by Crippen LogP contribution is 2.29. The lowest BCUT2D eigenvalue weighted by atomic mass is 9.98. The first kappa shape index (κ1) is 17.7. The van der Waals surface area contributed by atoms with Gasteiger partial charge in [-0.2, -0.15) is 0 Å². The van der Waals surface area contributed by atoms with Crippen LogP contribution < -0.4 is 5.32 Å². The molecule has 2 atom stereocenters. The molecule has 1 amide bonds. The minimum Gasteiger partial charge on any atom is -0.379 e. The number of halogens is 1. The van der Waals surface area contributed by atoms with Gasteiger partial charge in [-0.1, -0.05) is 0 Å². The van der Waals surface area contributed by atoms with Gasteiger partial charge in [0.15, 0.2) is 0 Å². The predicted molar refractivity (Wildman–Crippen MR) is 80.3 cm³/mol. The molecule has 6 heteroatoms. The topological polar surface area (TPSA) is 50.8 Å². The standard InChI is InChI=1S/C14H26N2O3.ClH/c1-3-18-6-7-19-10-14(17)16(2)13-8-11-4-5-12(9-13)15-11;/h11-13,15H,3-10H2,1-2H3;1H. The van der Waals surface area contributed by atoms with Crippen LogP contribution in [0.25, 0.3) is 0 Å². The summed E-state index contributed by atoms with van der Waals surface area (Å²) in [5.41, 5.74) is 0. The fourth-order valence-electron chi connectivity index (χ4n) is 3.07. The first-order chi connectivity index (χ1) is 9.20. The molecule has 0 aromatic heterocycles. The smallest absolute Gasteiger partial charge is 0.248 e. The molecule has 0 aromatic rings. The number of ether oxygens (including phenoxy) is 2. The zero-order chi connectivity index (χ0) is 13.7. The maximum absolute atomic E-state index is 12.0. The Hall–Kier alpha value is -0.360. The molecule has 0 aromatic carbocycles. The maximum Gasteiger partial charge on any atom is 0.248 e. The molecule has 2 saturated heterocycles. The largest absolute Gasteiger partial charge is 0.379 e. The molecule has 1 N–H and O–H groups in total. The Bertz CT molecular complexity index is 292. The number of fused-ring (bicyclic) bond motifs is 2. The lowest BCUT2D eigenvalue weighted by Gasteiger charge is -2.35. The van der Waals surface area contributed by atoms with Gasteiger partial charge >= 0.3 is 0 Å². The summed E-state index contributed by atoms with van der Waals surface area (Å²) in [6.45, 7) is 3.86. The monoisotopic (exact) mass is 306 g/mol.